The van der Waals surface area contributed by atoms with Gasteiger partial charge in [0.2, 0.25) is 5.91 Å². The van der Waals surface area contributed by atoms with Gasteiger partial charge in [-0.05, 0) is 37.7 Å². The van der Waals surface area contributed by atoms with Crippen molar-refractivity contribution in [1.82, 2.24) is 24.9 Å². The molecule has 2 atom stereocenters. The Morgan fingerprint density at radius 2 is 2.15 bits per heavy atom. The van der Waals surface area contributed by atoms with E-state index in [1.165, 1.54) is 4.68 Å². The van der Waals surface area contributed by atoms with Crippen LogP contribution in [0, 0.1) is 5.92 Å². The normalized spacial score (nSPS) is 16.2. The summed E-state index contributed by atoms with van der Waals surface area (Å²) < 4.78 is 42.9. The summed E-state index contributed by atoms with van der Waals surface area (Å²) in [7, 11) is 0. The minimum absolute atomic E-state index is 0.139. The highest BCUT2D eigenvalue weighted by Gasteiger charge is 2.41. The van der Waals surface area contributed by atoms with Gasteiger partial charge < -0.3 is 5.32 Å². The molecule has 1 aliphatic carbocycles. The molecule has 1 N–H and O–H groups in total. The van der Waals surface area contributed by atoms with Crippen LogP contribution >= 0.6 is 0 Å². The van der Waals surface area contributed by atoms with Crippen molar-refractivity contribution in [1.29, 1.82) is 0 Å². The van der Waals surface area contributed by atoms with E-state index in [9.17, 15) is 18.0 Å². The van der Waals surface area contributed by atoms with Crippen LogP contribution in [0.25, 0.3) is 0 Å². The highest BCUT2D eigenvalue weighted by atomic mass is 19.4. The maximum atomic E-state index is 13.3. The van der Waals surface area contributed by atoms with Crippen LogP contribution in [0.5, 0.6) is 0 Å². The molecule has 27 heavy (non-hydrogen) atoms. The second-order valence-electron chi connectivity index (χ2n) is 7.07. The second-order valence-corrected chi connectivity index (χ2v) is 7.07. The predicted octanol–water partition coefficient (Wildman–Crippen LogP) is 2.99. The fraction of sp³-hybridized carbons (Fsp3) is 0.611. The standard InChI is InChI=1S/C18H24F3N5O/c1-3-14(17(27)22-10-12(2)11-25-9-5-8-23-25)26-15-7-4-6-13(15)16(24-26)18(19,20)21/h5,8-9,12,14H,3-4,6-7,10-11H2,1-2H3,(H,22,27)/t12-,14-/m1/s1. The van der Waals surface area contributed by atoms with Gasteiger partial charge in [0.1, 0.15) is 6.04 Å². The van der Waals surface area contributed by atoms with Gasteiger partial charge in [0, 0.05) is 36.7 Å². The van der Waals surface area contributed by atoms with Crippen LogP contribution in [0.3, 0.4) is 0 Å². The molecule has 0 spiro atoms. The first-order valence-electron chi connectivity index (χ1n) is 9.23. The number of nitrogens with one attached hydrogen (secondary N) is 1. The highest BCUT2D eigenvalue weighted by Crippen LogP contribution is 2.37. The summed E-state index contributed by atoms with van der Waals surface area (Å²) in [6.07, 6.45) is 0.974. The van der Waals surface area contributed by atoms with Crippen molar-refractivity contribution in [3.8, 4) is 0 Å². The molecule has 0 aromatic carbocycles. The molecular weight excluding hydrogens is 359 g/mol. The third kappa shape index (κ3) is 4.17. The van der Waals surface area contributed by atoms with Crippen molar-refractivity contribution in [2.75, 3.05) is 6.54 Å². The molecule has 2 heterocycles. The fourth-order valence-electron chi connectivity index (χ4n) is 3.60. The van der Waals surface area contributed by atoms with E-state index in [1.807, 2.05) is 19.2 Å². The van der Waals surface area contributed by atoms with Crippen LogP contribution in [0.4, 0.5) is 13.2 Å². The molecule has 2 aromatic heterocycles. The first kappa shape index (κ1) is 19.4. The summed E-state index contributed by atoms with van der Waals surface area (Å²) in [6.45, 7) is 4.84. The lowest BCUT2D eigenvalue weighted by Crippen LogP contribution is -2.36. The zero-order valence-corrected chi connectivity index (χ0v) is 15.5. The van der Waals surface area contributed by atoms with Gasteiger partial charge in [-0.15, -0.1) is 0 Å². The van der Waals surface area contributed by atoms with Crippen LogP contribution in [-0.4, -0.2) is 32.0 Å². The summed E-state index contributed by atoms with van der Waals surface area (Å²) in [6, 6.07) is 1.10. The number of carbonyl (C=O) groups excluding carboxylic acids is 1. The average molecular weight is 383 g/mol. The molecule has 1 aliphatic rings. The Morgan fingerprint density at radius 3 is 2.78 bits per heavy atom. The maximum Gasteiger partial charge on any atom is 0.435 e. The Labute approximate surface area is 155 Å². The zero-order valence-electron chi connectivity index (χ0n) is 15.5. The lowest BCUT2D eigenvalue weighted by Gasteiger charge is -2.20. The third-order valence-corrected chi connectivity index (χ3v) is 4.89. The van der Waals surface area contributed by atoms with Gasteiger partial charge in [-0.1, -0.05) is 13.8 Å². The summed E-state index contributed by atoms with van der Waals surface area (Å²) in [5.41, 5.74) is -0.0389. The van der Waals surface area contributed by atoms with E-state index in [0.29, 0.717) is 44.5 Å². The summed E-state index contributed by atoms with van der Waals surface area (Å²) in [5, 5.41) is 10.8. The molecule has 9 heteroatoms. The van der Waals surface area contributed by atoms with Crippen molar-refractivity contribution >= 4 is 5.91 Å². The van der Waals surface area contributed by atoms with Crippen LogP contribution < -0.4 is 5.32 Å². The second kappa shape index (κ2) is 7.74. The minimum atomic E-state index is -4.49. The van der Waals surface area contributed by atoms with Crippen molar-refractivity contribution in [3.63, 3.8) is 0 Å². The minimum Gasteiger partial charge on any atom is -0.354 e. The Kier molecular flexibility index (Phi) is 5.57. The van der Waals surface area contributed by atoms with E-state index < -0.39 is 17.9 Å². The first-order valence-corrected chi connectivity index (χ1v) is 9.23. The van der Waals surface area contributed by atoms with E-state index >= 15 is 0 Å². The van der Waals surface area contributed by atoms with Crippen molar-refractivity contribution in [3.05, 3.63) is 35.4 Å². The lowest BCUT2D eigenvalue weighted by atomic mass is 10.1. The number of aromatic nitrogens is 4. The molecule has 0 aliphatic heterocycles. The van der Waals surface area contributed by atoms with Gasteiger partial charge in [-0.25, -0.2) is 0 Å². The van der Waals surface area contributed by atoms with Crippen molar-refractivity contribution < 1.29 is 18.0 Å². The summed E-state index contributed by atoms with van der Waals surface area (Å²) in [5.74, 6) is -0.156. The van der Waals surface area contributed by atoms with Crippen LogP contribution in [0.2, 0.25) is 0 Å². The van der Waals surface area contributed by atoms with Gasteiger partial charge in [-0.2, -0.15) is 23.4 Å². The van der Waals surface area contributed by atoms with Gasteiger partial charge in [0.15, 0.2) is 5.69 Å². The number of fused-ring (bicyclic) bond motifs is 1. The number of amides is 1. The van der Waals surface area contributed by atoms with Crippen LogP contribution in [-0.2, 0) is 30.4 Å². The molecule has 1 amide bonds. The molecular formula is C18H24F3N5O. The molecule has 0 fully saturated rings. The molecule has 0 saturated carbocycles. The predicted molar refractivity (Wildman–Crippen MR) is 93.0 cm³/mol. The molecule has 0 radical (unpaired) electrons. The van der Waals surface area contributed by atoms with Gasteiger partial charge >= 0.3 is 6.18 Å². The van der Waals surface area contributed by atoms with E-state index in [2.05, 4.69) is 15.5 Å². The SMILES string of the molecule is CC[C@H](C(=O)NC[C@@H](C)Cn1cccn1)n1nc(C(F)(F)F)c2c1CCC2. The number of halogens is 3. The van der Waals surface area contributed by atoms with E-state index in [4.69, 9.17) is 0 Å². The van der Waals surface area contributed by atoms with Crippen LogP contribution in [0.1, 0.15) is 49.7 Å². The Morgan fingerprint density at radius 1 is 1.37 bits per heavy atom. The number of hydrogen-bond donors (Lipinski definition) is 1. The monoisotopic (exact) mass is 383 g/mol. The van der Waals surface area contributed by atoms with Crippen molar-refractivity contribution in [2.45, 2.75) is 58.3 Å². The van der Waals surface area contributed by atoms with E-state index in [-0.39, 0.29) is 17.4 Å². The fourth-order valence-corrected chi connectivity index (χ4v) is 3.60. The van der Waals surface area contributed by atoms with Crippen LogP contribution in [0.15, 0.2) is 18.5 Å². The zero-order chi connectivity index (χ0) is 19.6. The molecule has 2 aromatic rings. The number of carbonyl (C=O) groups is 1. The highest BCUT2D eigenvalue weighted by molar-refractivity contribution is 5.80. The maximum absolute atomic E-state index is 13.3. The molecule has 0 bridgehead atoms. The molecule has 0 saturated heterocycles. The molecule has 3 rings (SSSR count). The summed E-state index contributed by atoms with van der Waals surface area (Å²) in [4.78, 5) is 12.7. The summed E-state index contributed by atoms with van der Waals surface area (Å²) >= 11 is 0. The molecule has 148 valence electrons. The Balaban J connectivity index is 1.70. The molecule has 6 nitrogen and oxygen atoms in total. The van der Waals surface area contributed by atoms with Gasteiger partial charge in [-0.3, -0.25) is 14.2 Å². The van der Waals surface area contributed by atoms with E-state index in [1.54, 1.807) is 17.8 Å². The van der Waals surface area contributed by atoms with Crippen molar-refractivity contribution in [2.24, 2.45) is 5.92 Å². The lowest BCUT2D eigenvalue weighted by molar-refractivity contribution is -0.142. The molecule has 0 unspecified atom stereocenters. The number of alkyl halides is 3. The average Bonchev–Trinajstić information content (AvgIpc) is 3.31. The third-order valence-electron chi connectivity index (χ3n) is 4.89. The quantitative estimate of drug-likeness (QED) is 0.799. The Hall–Kier alpha value is -2.32. The van der Waals surface area contributed by atoms with E-state index in [0.717, 1.165) is 0 Å². The first-order chi connectivity index (χ1) is 12.8. The topological polar surface area (TPSA) is 64.7 Å². The number of rotatable bonds is 7. The largest absolute Gasteiger partial charge is 0.435 e. The van der Waals surface area contributed by atoms with Gasteiger partial charge in [0.05, 0.1) is 0 Å². The number of hydrogen-bond acceptors (Lipinski definition) is 3. The van der Waals surface area contributed by atoms with Gasteiger partial charge in [0.25, 0.3) is 0 Å². The smallest absolute Gasteiger partial charge is 0.354 e. The number of nitrogens with zero attached hydrogens (tertiary/aromatic N) is 4. The Bertz CT molecular complexity index is 782.